The van der Waals surface area contributed by atoms with Crippen molar-refractivity contribution >= 4 is 23.9 Å². The van der Waals surface area contributed by atoms with E-state index in [2.05, 4.69) is 0 Å². The molecule has 3 heterocycles. The van der Waals surface area contributed by atoms with Gasteiger partial charge in [0.2, 0.25) is 0 Å². The summed E-state index contributed by atoms with van der Waals surface area (Å²) in [6, 6.07) is 1.87. The summed E-state index contributed by atoms with van der Waals surface area (Å²) in [6.45, 7) is 9.96. The number of furan rings is 1. The molecular weight excluding hydrogens is 532 g/mol. The van der Waals surface area contributed by atoms with Crippen molar-refractivity contribution in [1.82, 2.24) is 0 Å². The van der Waals surface area contributed by atoms with Crippen molar-refractivity contribution < 1.29 is 47.3 Å². The number of hydrogen-bond donors (Lipinski definition) is 0. The van der Waals surface area contributed by atoms with Crippen molar-refractivity contribution in [2.45, 2.75) is 89.8 Å². The van der Waals surface area contributed by atoms with Crippen molar-refractivity contribution in [1.29, 1.82) is 0 Å². The van der Waals surface area contributed by atoms with E-state index in [0.29, 0.717) is 12.0 Å². The van der Waals surface area contributed by atoms with E-state index in [-0.39, 0.29) is 24.0 Å². The van der Waals surface area contributed by atoms with E-state index in [1.807, 2.05) is 19.9 Å². The molecule has 0 amide bonds. The first-order valence-electron chi connectivity index (χ1n) is 13.7. The average molecular weight is 569 g/mol. The van der Waals surface area contributed by atoms with Crippen molar-refractivity contribution in [3.63, 3.8) is 0 Å². The van der Waals surface area contributed by atoms with E-state index in [1.54, 1.807) is 44.6 Å². The number of carbonyl (C=O) groups is 4. The Kier molecular flexibility index (Phi) is 7.04. The van der Waals surface area contributed by atoms with Gasteiger partial charge in [0.05, 0.1) is 43.1 Å². The highest BCUT2D eigenvalue weighted by Gasteiger charge is 2.81. The topological polar surface area (TPSA) is 131 Å². The average Bonchev–Trinajstić information content (AvgIpc) is 3.24. The van der Waals surface area contributed by atoms with Crippen LogP contribution in [-0.2, 0) is 42.9 Å². The van der Waals surface area contributed by atoms with E-state index >= 15 is 0 Å². The zero-order valence-corrected chi connectivity index (χ0v) is 24.3. The molecule has 2 aliphatic heterocycles. The standard InChI is InChI=1S/C31H36O10/c1-16-10-20(28(35)41-29(4,5)22(16)14-26(34)36-7)11-21-12-24(38-17(2)32)27(39-18(3)33)30(6)23(19-8-9-37-15-19)13-25-31(21,30)40-25/h8-12,15,22-25,27H,13-14H2,1-7H3/t22-,23+,24-,25-,27+,30-,31-/m1/s1. The van der Waals surface area contributed by atoms with Gasteiger partial charge in [-0.15, -0.1) is 0 Å². The fraction of sp³-hybridized carbons (Fsp3) is 0.548. The molecule has 5 rings (SSSR count). The van der Waals surface area contributed by atoms with Crippen LogP contribution in [0.25, 0.3) is 0 Å². The molecule has 2 fully saturated rings. The Labute approximate surface area is 238 Å². The van der Waals surface area contributed by atoms with Crippen LogP contribution in [0.15, 0.2) is 58.0 Å². The van der Waals surface area contributed by atoms with Gasteiger partial charge in [-0.05, 0) is 62.6 Å². The van der Waals surface area contributed by atoms with Gasteiger partial charge in [-0.1, -0.05) is 12.5 Å². The van der Waals surface area contributed by atoms with Crippen molar-refractivity contribution in [2.24, 2.45) is 11.3 Å². The summed E-state index contributed by atoms with van der Waals surface area (Å²) in [5, 5.41) is 0. The van der Waals surface area contributed by atoms with Crippen LogP contribution >= 0.6 is 0 Å². The fourth-order valence-electron chi connectivity index (χ4n) is 7.31. The highest BCUT2D eigenvalue weighted by atomic mass is 16.6. The van der Waals surface area contributed by atoms with Gasteiger partial charge in [-0.3, -0.25) is 14.4 Å². The fourth-order valence-corrected chi connectivity index (χ4v) is 7.31. The smallest absolute Gasteiger partial charge is 0.338 e. The Hall–Kier alpha value is -3.66. The summed E-state index contributed by atoms with van der Waals surface area (Å²) in [5.41, 5.74) is -0.200. The lowest BCUT2D eigenvalue weighted by atomic mass is 9.60. The predicted octanol–water partition coefficient (Wildman–Crippen LogP) is 4.10. The Balaban J connectivity index is 1.65. The summed E-state index contributed by atoms with van der Waals surface area (Å²) >= 11 is 0. The van der Waals surface area contributed by atoms with E-state index < -0.39 is 58.6 Å². The van der Waals surface area contributed by atoms with Gasteiger partial charge < -0.3 is 28.1 Å². The molecule has 10 nitrogen and oxygen atoms in total. The van der Waals surface area contributed by atoms with Gasteiger partial charge in [-0.25, -0.2) is 4.79 Å². The van der Waals surface area contributed by atoms with Crippen LogP contribution in [0.4, 0.5) is 0 Å². The normalized spacial score (nSPS) is 36.1. The van der Waals surface area contributed by atoms with Crippen molar-refractivity contribution in [3.8, 4) is 0 Å². The molecule has 2 aliphatic carbocycles. The molecule has 7 atom stereocenters. The van der Waals surface area contributed by atoms with Crippen molar-refractivity contribution in [3.05, 3.63) is 59.1 Å². The van der Waals surface area contributed by atoms with Gasteiger partial charge in [0, 0.05) is 25.7 Å². The minimum absolute atomic E-state index is 0.0489. The summed E-state index contributed by atoms with van der Waals surface area (Å²) in [4.78, 5) is 50.2. The molecule has 1 saturated carbocycles. The number of epoxide rings is 1. The van der Waals surface area contributed by atoms with Crippen LogP contribution in [0.5, 0.6) is 0 Å². The zero-order valence-electron chi connectivity index (χ0n) is 24.3. The van der Waals surface area contributed by atoms with Crippen LogP contribution < -0.4 is 0 Å². The third kappa shape index (κ3) is 4.62. The first-order valence-corrected chi connectivity index (χ1v) is 13.7. The second-order valence-corrected chi connectivity index (χ2v) is 12.0. The Bertz CT molecular complexity index is 1360. The molecule has 41 heavy (non-hydrogen) atoms. The molecular formula is C31H36O10. The lowest BCUT2D eigenvalue weighted by Crippen LogP contribution is -2.57. The first-order chi connectivity index (χ1) is 19.2. The molecule has 10 heteroatoms. The predicted molar refractivity (Wildman–Crippen MR) is 143 cm³/mol. The van der Waals surface area contributed by atoms with Crippen LogP contribution in [-0.4, -0.2) is 60.5 Å². The SMILES string of the molecule is COC(=O)C[C@@H]1C(C)=CC(=CC2=C[C@@H](OC(C)=O)[C@H](OC(C)=O)[C@@]3(C)[C@H](c4ccoc4)C[C@H]4O[C@]243)C(=O)OC1(C)C. The molecule has 220 valence electrons. The van der Waals surface area contributed by atoms with Gasteiger partial charge >= 0.3 is 23.9 Å². The summed E-state index contributed by atoms with van der Waals surface area (Å²) < 4.78 is 34.2. The van der Waals surface area contributed by atoms with E-state index in [9.17, 15) is 19.2 Å². The van der Waals surface area contributed by atoms with E-state index in [1.165, 1.54) is 21.0 Å². The minimum Gasteiger partial charge on any atom is -0.472 e. The zero-order chi connectivity index (χ0) is 29.9. The lowest BCUT2D eigenvalue weighted by Gasteiger charge is -2.48. The van der Waals surface area contributed by atoms with Gasteiger partial charge in [0.15, 0.2) is 12.2 Å². The second kappa shape index (κ2) is 10.0. The number of carbonyl (C=O) groups excluding carboxylic acids is 4. The third-order valence-electron chi connectivity index (χ3n) is 9.17. The number of cyclic esters (lactones) is 1. The molecule has 1 aromatic rings. The Morgan fingerprint density at radius 3 is 2.44 bits per heavy atom. The van der Waals surface area contributed by atoms with Gasteiger partial charge in [-0.2, -0.15) is 0 Å². The Morgan fingerprint density at radius 2 is 1.83 bits per heavy atom. The van der Waals surface area contributed by atoms with E-state index in [4.69, 9.17) is 28.1 Å². The number of esters is 4. The molecule has 1 saturated heterocycles. The molecule has 0 unspecified atom stereocenters. The quantitative estimate of drug-likeness (QED) is 0.214. The maximum absolute atomic E-state index is 13.5. The van der Waals surface area contributed by atoms with Crippen LogP contribution in [0.2, 0.25) is 0 Å². The summed E-state index contributed by atoms with van der Waals surface area (Å²) in [5.74, 6) is -2.59. The number of rotatable bonds is 6. The van der Waals surface area contributed by atoms with Gasteiger partial charge in [0.25, 0.3) is 0 Å². The van der Waals surface area contributed by atoms with E-state index in [0.717, 1.165) is 11.1 Å². The van der Waals surface area contributed by atoms with Crippen LogP contribution in [0, 0.1) is 11.3 Å². The molecule has 0 N–H and O–H groups in total. The first kappa shape index (κ1) is 28.9. The molecule has 1 spiro atoms. The van der Waals surface area contributed by atoms with Crippen LogP contribution in [0.1, 0.15) is 65.9 Å². The molecule has 1 aromatic heterocycles. The largest absolute Gasteiger partial charge is 0.472 e. The van der Waals surface area contributed by atoms with Gasteiger partial charge in [0.1, 0.15) is 11.2 Å². The Morgan fingerprint density at radius 1 is 1.12 bits per heavy atom. The summed E-state index contributed by atoms with van der Waals surface area (Å²) in [6.07, 6.45) is 7.01. The minimum atomic E-state index is -0.978. The monoisotopic (exact) mass is 568 g/mol. The molecule has 0 radical (unpaired) electrons. The summed E-state index contributed by atoms with van der Waals surface area (Å²) in [7, 11) is 1.32. The lowest BCUT2D eigenvalue weighted by molar-refractivity contribution is -0.180. The molecule has 0 bridgehead atoms. The molecule has 0 aromatic carbocycles. The number of methoxy groups -OCH3 is 1. The van der Waals surface area contributed by atoms with Crippen LogP contribution in [0.3, 0.4) is 0 Å². The van der Waals surface area contributed by atoms with Crippen molar-refractivity contribution in [2.75, 3.05) is 7.11 Å². The number of ether oxygens (including phenoxy) is 5. The second-order valence-electron chi connectivity index (χ2n) is 12.0. The highest BCUT2D eigenvalue weighted by molar-refractivity contribution is 5.93. The number of hydrogen-bond acceptors (Lipinski definition) is 10. The maximum Gasteiger partial charge on any atom is 0.338 e. The molecule has 4 aliphatic rings. The maximum atomic E-state index is 13.5. The highest BCUT2D eigenvalue weighted by Crippen LogP contribution is 2.73. The third-order valence-corrected chi connectivity index (χ3v) is 9.17.